The summed E-state index contributed by atoms with van der Waals surface area (Å²) in [4.78, 5) is 11.8. The van der Waals surface area contributed by atoms with Gasteiger partial charge in [0.2, 0.25) is 0 Å². The Hall–Kier alpha value is -1.50. The van der Waals surface area contributed by atoms with Crippen LogP contribution in [0.25, 0.3) is 0 Å². The van der Waals surface area contributed by atoms with Gasteiger partial charge >= 0.3 is 6.18 Å². The zero-order valence-corrected chi connectivity index (χ0v) is 10.3. The van der Waals surface area contributed by atoms with Crippen LogP contribution in [0.2, 0.25) is 0 Å². The Morgan fingerprint density at radius 2 is 2.21 bits per heavy atom. The lowest BCUT2D eigenvalue weighted by Crippen LogP contribution is -2.39. The van der Waals surface area contributed by atoms with E-state index in [-0.39, 0.29) is 11.7 Å². The van der Waals surface area contributed by atoms with Crippen LogP contribution in [-0.2, 0) is 6.54 Å². The molecule has 1 aliphatic carbocycles. The van der Waals surface area contributed by atoms with Crippen LogP contribution in [0.3, 0.4) is 0 Å². The minimum Gasteiger partial charge on any atom is -0.349 e. The molecule has 1 aromatic rings. The Bertz CT molecular complexity index is 451. The Morgan fingerprint density at radius 1 is 1.53 bits per heavy atom. The van der Waals surface area contributed by atoms with Crippen LogP contribution in [0.4, 0.5) is 13.2 Å². The van der Waals surface area contributed by atoms with Crippen LogP contribution in [0.1, 0.15) is 23.3 Å². The van der Waals surface area contributed by atoms with E-state index in [1.54, 1.807) is 0 Å². The molecule has 1 atom stereocenters. The number of nitrogens with two attached hydrogens (primary N) is 1. The van der Waals surface area contributed by atoms with Gasteiger partial charge in [-0.3, -0.25) is 4.79 Å². The molecule has 7 heteroatoms. The number of alkyl halides is 3. The first-order valence-electron chi connectivity index (χ1n) is 6.12. The van der Waals surface area contributed by atoms with Crippen LogP contribution in [-0.4, -0.2) is 29.2 Å². The molecule has 1 aromatic heterocycles. The number of halogens is 3. The van der Waals surface area contributed by atoms with Gasteiger partial charge in [0.1, 0.15) is 12.2 Å². The average molecular weight is 275 g/mol. The second kappa shape index (κ2) is 5.24. The third-order valence-corrected chi connectivity index (χ3v) is 3.14. The van der Waals surface area contributed by atoms with E-state index < -0.39 is 18.6 Å². The second-order valence-electron chi connectivity index (χ2n) is 4.85. The third kappa shape index (κ3) is 3.99. The molecule has 0 radical (unpaired) electrons. The van der Waals surface area contributed by atoms with Crippen molar-refractivity contribution in [2.45, 2.75) is 31.6 Å². The predicted octanol–water partition coefficient (Wildman–Crippen LogP) is 1.52. The molecule has 0 bridgehead atoms. The van der Waals surface area contributed by atoms with Crippen LogP contribution in [0, 0.1) is 5.92 Å². The quantitative estimate of drug-likeness (QED) is 0.856. The highest BCUT2D eigenvalue weighted by atomic mass is 19.4. The summed E-state index contributed by atoms with van der Waals surface area (Å²) in [5.41, 5.74) is 5.82. The van der Waals surface area contributed by atoms with E-state index in [9.17, 15) is 18.0 Å². The van der Waals surface area contributed by atoms with E-state index in [0.717, 1.165) is 17.4 Å². The van der Waals surface area contributed by atoms with Gasteiger partial charge in [-0.25, -0.2) is 0 Å². The number of hydrogen-bond donors (Lipinski definition) is 2. The van der Waals surface area contributed by atoms with Crippen LogP contribution < -0.4 is 11.1 Å². The van der Waals surface area contributed by atoms with Crippen molar-refractivity contribution in [3.05, 3.63) is 24.0 Å². The molecule has 0 spiro atoms. The Labute approximate surface area is 108 Å². The fourth-order valence-electron chi connectivity index (χ4n) is 1.94. The lowest BCUT2D eigenvalue weighted by atomic mass is 10.2. The number of amides is 1. The number of nitrogens with one attached hydrogen (secondary N) is 1. The maximum atomic E-state index is 12.3. The summed E-state index contributed by atoms with van der Waals surface area (Å²) >= 11 is 0. The fraction of sp³-hybridized carbons (Fsp3) is 0.583. The number of carbonyl (C=O) groups is 1. The van der Waals surface area contributed by atoms with E-state index in [1.165, 1.54) is 18.3 Å². The minimum atomic E-state index is -4.35. The zero-order chi connectivity index (χ0) is 14.0. The maximum absolute atomic E-state index is 12.3. The lowest BCUT2D eigenvalue weighted by Gasteiger charge is -2.14. The van der Waals surface area contributed by atoms with Gasteiger partial charge in [-0.2, -0.15) is 13.2 Å². The molecule has 1 unspecified atom stereocenters. The first kappa shape index (κ1) is 13.9. The van der Waals surface area contributed by atoms with E-state index in [2.05, 4.69) is 5.32 Å². The monoisotopic (exact) mass is 275 g/mol. The standard InChI is InChI=1S/C12H16F3N3O/c13-12(14,15)7-18-5-1-2-10(18)11(19)17-6-9(16)8-3-4-8/h1-2,5,8-9H,3-4,6-7,16H2,(H,17,19). The van der Waals surface area contributed by atoms with Gasteiger partial charge in [0.15, 0.2) is 0 Å². The largest absolute Gasteiger partial charge is 0.406 e. The van der Waals surface area contributed by atoms with Crippen molar-refractivity contribution in [2.75, 3.05) is 6.54 Å². The molecule has 2 rings (SSSR count). The molecule has 1 aliphatic rings. The van der Waals surface area contributed by atoms with Gasteiger partial charge in [0.05, 0.1) is 0 Å². The highest BCUT2D eigenvalue weighted by molar-refractivity contribution is 5.92. The molecule has 0 aromatic carbocycles. The summed E-state index contributed by atoms with van der Waals surface area (Å²) in [5.74, 6) is -0.0902. The molecular weight excluding hydrogens is 259 g/mol. The molecule has 1 heterocycles. The molecule has 3 N–H and O–H groups in total. The molecule has 19 heavy (non-hydrogen) atoms. The topological polar surface area (TPSA) is 60.0 Å². The average Bonchev–Trinajstić information content (AvgIpc) is 3.06. The normalized spacial score (nSPS) is 17.3. The summed E-state index contributed by atoms with van der Waals surface area (Å²) in [6.45, 7) is -0.877. The smallest absolute Gasteiger partial charge is 0.349 e. The Morgan fingerprint density at radius 3 is 2.79 bits per heavy atom. The highest BCUT2D eigenvalue weighted by Gasteiger charge is 2.30. The van der Waals surface area contributed by atoms with Crippen LogP contribution in [0.5, 0.6) is 0 Å². The summed E-state index contributed by atoms with van der Waals surface area (Å²) in [6.07, 6.45) is -0.995. The van der Waals surface area contributed by atoms with Gasteiger partial charge in [-0.15, -0.1) is 0 Å². The second-order valence-corrected chi connectivity index (χ2v) is 4.85. The number of rotatable bonds is 5. The lowest BCUT2D eigenvalue weighted by molar-refractivity contribution is -0.140. The van der Waals surface area contributed by atoms with Crippen LogP contribution >= 0.6 is 0 Å². The maximum Gasteiger partial charge on any atom is 0.406 e. The van der Waals surface area contributed by atoms with E-state index in [0.29, 0.717) is 12.5 Å². The van der Waals surface area contributed by atoms with Crippen molar-refractivity contribution in [3.8, 4) is 0 Å². The van der Waals surface area contributed by atoms with Gasteiger partial charge in [-0.1, -0.05) is 0 Å². The van der Waals surface area contributed by atoms with E-state index >= 15 is 0 Å². The summed E-state index contributed by atoms with van der Waals surface area (Å²) in [6, 6.07) is 2.67. The molecule has 1 fully saturated rings. The predicted molar refractivity (Wildman–Crippen MR) is 63.5 cm³/mol. The fourth-order valence-corrected chi connectivity index (χ4v) is 1.94. The SMILES string of the molecule is NC(CNC(=O)c1cccn1CC(F)(F)F)C1CC1. The van der Waals surface area contributed by atoms with Crippen molar-refractivity contribution in [3.63, 3.8) is 0 Å². The van der Waals surface area contributed by atoms with Crippen LogP contribution in [0.15, 0.2) is 18.3 Å². The van der Waals surface area contributed by atoms with Crippen molar-refractivity contribution < 1.29 is 18.0 Å². The molecule has 0 aliphatic heterocycles. The summed E-state index contributed by atoms with van der Waals surface area (Å²) in [5, 5.41) is 2.58. The number of carbonyl (C=O) groups excluding carboxylic acids is 1. The molecule has 4 nitrogen and oxygen atoms in total. The summed E-state index contributed by atoms with van der Waals surface area (Å²) < 4.78 is 37.8. The van der Waals surface area contributed by atoms with Crippen molar-refractivity contribution in [1.29, 1.82) is 0 Å². The van der Waals surface area contributed by atoms with Gasteiger partial charge < -0.3 is 15.6 Å². The van der Waals surface area contributed by atoms with E-state index in [1.807, 2.05) is 0 Å². The van der Waals surface area contributed by atoms with Gasteiger partial charge in [-0.05, 0) is 30.9 Å². The van der Waals surface area contributed by atoms with Crippen molar-refractivity contribution in [1.82, 2.24) is 9.88 Å². The first-order valence-corrected chi connectivity index (χ1v) is 6.12. The molecular formula is C12H16F3N3O. The number of hydrogen-bond acceptors (Lipinski definition) is 2. The van der Waals surface area contributed by atoms with Crippen molar-refractivity contribution in [2.24, 2.45) is 11.7 Å². The Balaban J connectivity index is 1.93. The summed E-state index contributed by atoms with van der Waals surface area (Å²) in [7, 11) is 0. The Kier molecular flexibility index (Phi) is 3.84. The molecule has 1 saturated carbocycles. The third-order valence-electron chi connectivity index (χ3n) is 3.14. The highest BCUT2D eigenvalue weighted by Crippen LogP contribution is 2.31. The first-order chi connectivity index (χ1) is 8.87. The molecule has 0 saturated heterocycles. The number of aromatic nitrogens is 1. The minimum absolute atomic E-state index is 0.000298. The molecule has 1 amide bonds. The van der Waals surface area contributed by atoms with E-state index in [4.69, 9.17) is 5.73 Å². The zero-order valence-electron chi connectivity index (χ0n) is 10.3. The van der Waals surface area contributed by atoms with Gasteiger partial charge in [0, 0.05) is 18.8 Å². The number of nitrogens with zero attached hydrogens (tertiary/aromatic N) is 1. The van der Waals surface area contributed by atoms with Gasteiger partial charge in [0.25, 0.3) is 5.91 Å². The van der Waals surface area contributed by atoms with Crippen molar-refractivity contribution >= 4 is 5.91 Å². The molecule has 106 valence electrons.